The van der Waals surface area contributed by atoms with Crippen molar-refractivity contribution in [1.82, 2.24) is 19.6 Å². The lowest BCUT2D eigenvalue weighted by Gasteiger charge is -2.03. The van der Waals surface area contributed by atoms with E-state index in [9.17, 15) is 4.79 Å². The normalized spacial score (nSPS) is 12.3. The van der Waals surface area contributed by atoms with Crippen LogP contribution in [0.25, 0.3) is 25.4 Å². The van der Waals surface area contributed by atoms with Crippen molar-refractivity contribution in [1.29, 1.82) is 0 Å². The van der Waals surface area contributed by atoms with E-state index in [0.717, 1.165) is 27.2 Å². The van der Waals surface area contributed by atoms with E-state index in [1.165, 1.54) is 27.2 Å². The molecule has 0 amide bonds. The zero-order chi connectivity index (χ0) is 20.1. The van der Waals surface area contributed by atoms with Gasteiger partial charge in [-0.15, -0.1) is 11.3 Å². The monoisotopic (exact) mass is 420 g/mol. The quantitative estimate of drug-likeness (QED) is 0.440. The molecule has 0 radical (unpaired) electrons. The number of nitrogens with zero attached hydrogens (tertiary/aromatic N) is 5. The van der Waals surface area contributed by atoms with Gasteiger partial charge in [-0.3, -0.25) is 10.2 Å². The number of pyridine rings is 1. The summed E-state index contributed by atoms with van der Waals surface area (Å²) in [6.07, 6.45) is 0. The first-order valence-corrected chi connectivity index (χ1v) is 10.6. The molecule has 1 aromatic carbocycles. The molecule has 0 saturated heterocycles. The number of hydrogen-bond acceptors (Lipinski definition) is 8. The molecule has 0 aliphatic heterocycles. The molecule has 4 heterocycles. The molecule has 7 nitrogen and oxygen atoms in total. The van der Waals surface area contributed by atoms with Crippen molar-refractivity contribution in [2.75, 3.05) is 5.43 Å². The number of fused-ring (bicyclic) bond motifs is 4. The predicted octanol–water partition coefficient (Wildman–Crippen LogP) is 3.77. The summed E-state index contributed by atoms with van der Waals surface area (Å²) in [7, 11) is 0. The molecule has 0 spiro atoms. The summed E-state index contributed by atoms with van der Waals surface area (Å²) in [6.45, 7) is 5.81. The number of para-hydroxylation sites is 1. The summed E-state index contributed by atoms with van der Waals surface area (Å²) in [4.78, 5) is 23.8. The number of aromatic nitrogens is 4. The summed E-state index contributed by atoms with van der Waals surface area (Å²) < 4.78 is 2.61. The third kappa shape index (κ3) is 2.99. The Balaban J connectivity index is 1.78. The molecule has 9 heteroatoms. The van der Waals surface area contributed by atoms with Crippen LogP contribution in [0.15, 0.2) is 46.3 Å². The van der Waals surface area contributed by atoms with Gasteiger partial charge in [-0.05, 0) is 44.5 Å². The average Bonchev–Trinajstić information content (AvgIpc) is 3.07. The van der Waals surface area contributed by atoms with Crippen LogP contribution in [0.5, 0.6) is 0 Å². The van der Waals surface area contributed by atoms with E-state index in [2.05, 4.69) is 20.6 Å². The maximum Gasteiger partial charge on any atom is 0.293 e. The molecule has 0 atom stereocenters. The van der Waals surface area contributed by atoms with Crippen LogP contribution in [-0.2, 0) is 0 Å². The minimum Gasteiger partial charge on any atom is -0.277 e. The highest BCUT2D eigenvalue weighted by molar-refractivity contribution is 7.25. The van der Waals surface area contributed by atoms with Gasteiger partial charge in [0.2, 0.25) is 4.96 Å². The first-order valence-electron chi connectivity index (χ1n) is 8.97. The van der Waals surface area contributed by atoms with E-state index >= 15 is 0 Å². The van der Waals surface area contributed by atoms with Gasteiger partial charge in [0, 0.05) is 11.1 Å². The van der Waals surface area contributed by atoms with Crippen LogP contribution in [0, 0.1) is 20.8 Å². The molecule has 0 unspecified atom stereocenters. The summed E-state index contributed by atoms with van der Waals surface area (Å²) >= 11 is 2.70. The molecular weight excluding hydrogens is 404 g/mol. The van der Waals surface area contributed by atoms with E-state index in [4.69, 9.17) is 4.98 Å². The van der Waals surface area contributed by atoms with Crippen LogP contribution >= 0.6 is 22.7 Å². The van der Waals surface area contributed by atoms with Crippen molar-refractivity contribution in [3.63, 3.8) is 0 Å². The van der Waals surface area contributed by atoms with E-state index < -0.39 is 0 Å². The zero-order valence-electron chi connectivity index (χ0n) is 15.9. The maximum atomic E-state index is 13.1. The minimum absolute atomic E-state index is 0.174. The van der Waals surface area contributed by atoms with Crippen molar-refractivity contribution in [2.45, 2.75) is 20.8 Å². The average molecular weight is 421 g/mol. The number of benzene rings is 1. The van der Waals surface area contributed by atoms with Crippen molar-refractivity contribution >= 4 is 53.8 Å². The highest BCUT2D eigenvalue weighted by Gasteiger charge is 2.17. The van der Waals surface area contributed by atoms with Gasteiger partial charge in [0.15, 0.2) is 4.67 Å². The molecule has 4 aromatic heterocycles. The molecule has 5 rings (SSSR count). The van der Waals surface area contributed by atoms with Crippen LogP contribution in [0.1, 0.15) is 17.0 Å². The van der Waals surface area contributed by atoms with E-state index in [-0.39, 0.29) is 5.56 Å². The third-order valence-corrected chi connectivity index (χ3v) is 6.63. The largest absolute Gasteiger partial charge is 0.293 e. The van der Waals surface area contributed by atoms with Gasteiger partial charge in [-0.25, -0.2) is 9.97 Å². The lowest BCUT2D eigenvalue weighted by Crippen LogP contribution is -2.21. The molecule has 0 aliphatic carbocycles. The maximum absolute atomic E-state index is 13.1. The number of rotatable bonds is 2. The molecule has 5 aromatic rings. The Bertz CT molecular complexity index is 1530. The lowest BCUT2D eigenvalue weighted by molar-refractivity contribution is 0.860. The summed E-state index contributed by atoms with van der Waals surface area (Å²) in [6, 6.07) is 11.7. The summed E-state index contributed by atoms with van der Waals surface area (Å²) in [5.41, 5.74) is 7.06. The van der Waals surface area contributed by atoms with Crippen LogP contribution < -0.4 is 15.7 Å². The van der Waals surface area contributed by atoms with Gasteiger partial charge >= 0.3 is 0 Å². The fourth-order valence-electron chi connectivity index (χ4n) is 3.24. The Morgan fingerprint density at radius 1 is 1.07 bits per heavy atom. The SMILES string of the molecule is Cc1cc(C)c2c(n1)sc1c(=O)n3nc(C)/c(=N/Nc4ccccc4)sc3nc12. The van der Waals surface area contributed by atoms with Gasteiger partial charge in [0.05, 0.1) is 16.9 Å². The van der Waals surface area contributed by atoms with Gasteiger partial charge in [0.1, 0.15) is 9.53 Å². The van der Waals surface area contributed by atoms with E-state index in [0.29, 0.717) is 25.5 Å². The molecule has 144 valence electrons. The molecule has 0 aliphatic rings. The van der Waals surface area contributed by atoms with E-state index in [1.807, 2.05) is 57.2 Å². The van der Waals surface area contributed by atoms with Crippen molar-refractivity contribution in [3.05, 3.63) is 68.4 Å². The Labute approximate surface area is 173 Å². The Hall–Kier alpha value is -3.17. The van der Waals surface area contributed by atoms with Crippen molar-refractivity contribution in [3.8, 4) is 0 Å². The second-order valence-corrected chi connectivity index (χ2v) is 8.69. The number of anilines is 1. The number of aryl methyl sites for hydroxylation is 3. The second kappa shape index (κ2) is 6.71. The fourth-order valence-corrected chi connectivity index (χ4v) is 5.20. The Kier molecular flexibility index (Phi) is 4.14. The van der Waals surface area contributed by atoms with Crippen LogP contribution in [0.3, 0.4) is 0 Å². The Morgan fingerprint density at radius 3 is 2.66 bits per heavy atom. The lowest BCUT2D eigenvalue weighted by atomic mass is 10.1. The summed E-state index contributed by atoms with van der Waals surface area (Å²) in [5, 5.41) is 9.84. The molecular formula is C20H16N6OS2. The van der Waals surface area contributed by atoms with Gasteiger partial charge in [0.25, 0.3) is 5.56 Å². The minimum atomic E-state index is -0.174. The molecule has 0 saturated carbocycles. The van der Waals surface area contributed by atoms with Crippen molar-refractivity contribution < 1.29 is 0 Å². The smallest absolute Gasteiger partial charge is 0.277 e. The third-order valence-electron chi connectivity index (χ3n) is 4.55. The number of hydrogen-bond donors (Lipinski definition) is 1. The standard InChI is InChI=1S/C20H16N6OS2/c1-10-9-11(2)21-18-14(10)15-16(28-18)19(27)26-20(22-15)29-17(12(3)25-26)24-23-13-7-5-4-6-8-13/h4-9,23H,1-3H3/b24-17-. The first-order chi connectivity index (χ1) is 14.0. The van der Waals surface area contributed by atoms with Crippen molar-refractivity contribution in [2.24, 2.45) is 5.10 Å². The van der Waals surface area contributed by atoms with Crippen LogP contribution in [0.2, 0.25) is 0 Å². The Morgan fingerprint density at radius 2 is 1.86 bits per heavy atom. The van der Waals surface area contributed by atoms with Gasteiger partial charge < -0.3 is 0 Å². The topological polar surface area (TPSA) is 84.5 Å². The highest BCUT2D eigenvalue weighted by atomic mass is 32.1. The molecule has 0 fully saturated rings. The number of nitrogens with one attached hydrogen (secondary N) is 1. The van der Waals surface area contributed by atoms with Gasteiger partial charge in [-0.2, -0.15) is 14.7 Å². The fraction of sp³-hybridized carbons (Fsp3) is 0.150. The second-order valence-electron chi connectivity index (χ2n) is 6.73. The zero-order valence-corrected chi connectivity index (χ0v) is 17.6. The van der Waals surface area contributed by atoms with Gasteiger partial charge in [-0.1, -0.05) is 29.5 Å². The highest BCUT2D eigenvalue weighted by Crippen LogP contribution is 2.32. The van der Waals surface area contributed by atoms with Crippen LogP contribution in [-0.4, -0.2) is 19.6 Å². The summed E-state index contributed by atoms with van der Waals surface area (Å²) in [5.74, 6) is 0. The predicted molar refractivity (Wildman–Crippen MR) is 118 cm³/mol. The first kappa shape index (κ1) is 17.9. The molecule has 1 N–H and O–H groups in total. The number of thiophene rings is 1. The van der Waals surface area contributed by atoms with E-state index in [1.54, 1.807) is 0 Å². The van der Waals surface area contributed by atoms with Crippen LogP contribution in [0.4, 0.5) is 5.69 Å². The molecule has 0 bridgehead atoms. The molecule has 29 heavy (non-hydrogen) atoms.